The summed E-state index contributed by atoms with van der Waals surface area (Å²) < 4.78 is 24.3. The van der Waals surface area contributed by atoms with Crippen molar-refractivity contribution in [2.24, 2.45) is 5.92 Å². The van der Waals surface area contributed by atoms with Crippen LogP contribution < -0.4 is 15.4 Å². The van der Waals surface area contributed by atoms with Crippen molar-refractivity contribution in [3.8, 4) is 5.75 Å². The third kappa shape index (κ3) is 6.18. The van der Waals surface area contributed by atoms with Crippen molar-refractivity contribution in [3.63, 3.8) is 0 Å². The van der Waals surface area contributed by atoms with Gasteiger partial charge in [-0.2, -0.15) is 0 Å². The summed E-state index contributed by atoms with van der Waals surface area (Å²) in [5.74, 6) is -0.273. The summed E-state index contributed by atoms with van der Waals surface area (Å²) in [4.78, 5) is 24.6. The van der Waals surface area contributed by atoms with Crippen LogP contribution in [0.5, 0.6) is 5.75 Å². The maximum atomic E-state index is 13.4. The summed E-state index contributed by atoms with van der Waals surface area (Å²) in [6, 6.07) is 11.0. The van der Waals surface area contributed by atoms with Crippen molar-refractivity contribution in [2.75, 3.05) is 13.2 Å². The Morgan fingerprint density at radius 2 is 1.85 bits per heavy atom. The normalized spacial score (nSPS) is 18.2. The highest BCUT2D eigenvalue weighted by atomic mass is 35.5. The van der Waals surface area contributed by atoms with Crippen molar-refractivity contribution in [1.29, 1.82) is 0 Å². The lowest BCUT2D eigenvalue weighted by Gasteiger charge is -2.29. The Kier molecular flexibility index (Phi) is 7.40. The van der Waals surface area contributed by atoms with Crippen LogP contribution in [0.2, 0.25) is 10.0 Å². The molecule has 3 aromatic rings. The number of benzene rings is 2. The fourth-order valence-corrected chi connectivity index (χ4v) is 4.22. The van der Waals surface area contributed by atoms with E-state index in [9.17, 15) is 14.0 Å². The number of furan rings is 1. The highest BCUT2D eigenvalue weighted by molar-refractivity contribution is 6.31. The van der Waals surface area contributed by atoms with Gasteiger partial charge >= 0.3 is 0 Å². The van der Waals surface area contributed by atoms with Gasteiger partial charge in [-0.1, -0.05) is 23.2 Å². The van der Waals surface area contributed by atoms with E-state index in [2.05, 4.69) is 10.6 Å². The smallest absolute Gasteiger partial charge is 0.287 e. The average molecular weight is 493 g/mol. The Bertz CT molecular complexity index is 1160. The molecule has 1 aliphatic rings. The van der Waals surface area contributed by atoms with Crippen molar-refractivity contribution in [3.05, 3.63) is 64.1 Å². The first-order valence-electron chi connectivity index (χ1n) is 10.7. The lowest BCUT2D eigenvalue weighted by molar-refractivity contribution is -0.123. The molecule has 0 unspecified atom stereocenters. The highest BCUT2D eigenvalue weighted by Gasteiger charge is 2.24. The fourth-order valence-electron chi connectivity index (χ4n) is 3.92. The molecule has 1 saturated carbocycles. The van der Waals surface area contributed by atoms with Gasteiger partial charge in [0.05, 0.1) is 5.02 Å². The topological polar surface area (TPSA) is 80.6 Å². The summed E-state index contributed by atoms with van der Waals surface area (Å²) in [7, 11) is 0. The quantitative estimate of drug-likeness (QED) is 0.464. The molecule has 1 aromatic heterocycles. The van der Waals surface area contributed by atoms with Crippen LogP contribution in [-0.2, 0) is 4.79 Å². The van der Waals surface area contributed by atoms with Gasteiger partial charge < -0.3 is 19.8 Å². The minimum absolute atomic E-state index is 0.00101. The van der Waals surface area contributed by atoms with Gasteiger partial charge in [0.1, 0.15) is 17.1 Å². The van der Waals surface area contributed by atoms with E-state index in [1.54, 1.807) is 24.3 Å². The number of halogens is 3. The van der Waals surface area contributed by atoms with E-state index in [0.717, 1.165) is 37.1 Å². The summed E-state index contributed by atoms with van der Waals surface area (Å²) in [6.07, 6.45) is 3.40. The molecule has 1 aliphatic carbocycles. The molecular formula is C24H23Cl2FN2O4. The van der Waals surface area contributed by atoms with Crippen molar-refractivity contribution in [1.82, 2.24) is 10.6 Å². The van der Waals surface area contributed by atoms with Crippen LogP contribution in [0.3, 0.4) is 0 Å². The number of carbonyl (C=O) groups is 2. The Morgan fingerprint density at radius 3 is 2.61 bits per heavy atom. The largest absolute Gasteiger partial charge is 0.484 e. The Morgan fingerprint density at radius 1 is 1.06 bits per heavy atom. The zero-order valence-electron chi connectivity index (χ0n) is 17.7. The number of rotatable bonds is 7. The summed E-state index contributed by atoms with van der Waals surface area (Å²) >= 11 is 11.6. The van der Waals surface area contributed by atoms with Crippen LogP contribution in [0.4, 0.5) is 4.39 Å². The molecule has 9 heteroatoms. The van der Waals surface area contributed by atoms with Crippen LogP contribution in [0, 0.1) is 11.7 Å². The molecule has 1 heterocycles. The first-order valence-corrected chi connectivity index (χ1v) is 11.5. The molecule has 0 bridgehead atoms. The van der Waals surface area contributed by atoms with Gasteiger partial charge in [0.25, 0.3) is 11.8 Å². The SMILES string of the molecule is O=C(COc1ccc(Cl)c(F)c1)NC[C@H]1CC[C@H](NC(=O)c2cc3cc(Cl)ccc3o2)CC1. The molecule has 4 rings (SSSR count). The van der Waals surface area contributed by atoms with Gasteiger partial charge in [-0.25, -0.2) is 4.39 Å². The summed E-state index contributed by atoms with van der Waals surface area (Å²) in [5, 5.41) is 7.26. The Hall–Kier alpha value is -2.77. The van der Waals surface area contributed by atoms with E-state index >= 15 is 0 Å². The molecule has 6 nitrogen and oxygen atoms in total. The highest BCUT2D eigenvalue weighted by Crippen LogP contribution is 2.26. The second-order valence-electron chi connectivity index (χ2n) is 8.15. The molecule has 2 N–H and O–H groups in total. The van der Waals surface area contributed by atoms with Crippen molar-refractivity contribution in [2.45, 2.75) is 31.7 Å². The molecule has 2 aromatic carbocycles. The van der Waals surface area contributed by atoms with Crippen LogP contribution in [0.15, 0.2) is 46.9 Å². The van der Waals surface area contributed by atoms with E-state index in [1.807, 2.05) is 0 Å². The van der Waals surface area contributed by atoms with Gasteiger partial charge in [-0.05, 0) is 68.0 Å². The van der Waals surface area contributed by atoms with E-state index in [1.165, 1.54) is 12.1 Å². The van der Waals surface area contributed by atoms with E-state index in [0.29, 0.717) is 23.1 Å². The number of hydrogen-bond donors (Lipinski definition) is 2. The molecule has 33 heavy (non-hydrogen) atoms. The minimum Gasteiger partial charge on any atom is -0.484 e. The molecule has 0 saturated heterocycles. The molecule has 0 radical (unpaired) electrons. The molecule has 0 spiro atoms. The van der Waals surface area contributed by atoms with Crippen molar-refractivity contribution < 1.29 is 23.1 Å². The third-order valence-electron chi connectivity index (χ3n) is 5.73. The second kappa shape index (κ2) is 10.4. The van der Waals surface area contributed by atoms with Gasteiger partial charge in [-0.3, -0.25) is 9.59 Å². The first-order chi connectivity index (χ1) is 15.9. The monoisotopic (exact) mass is 492 g/mol. The maximum absolute atomic E-state index is 13.4. The van der Waals surface area contributed by atoms with Gasteiger partial charge in [0, 0.05) is 29.1 Å². The first kappa shape index (κ1) is 23.4. The van der Waals surface area contributed by atoms with Crippen LogP contribution in [0.1, 0.15) is 36.2 Å². The second-order valence-corrected chi connectivity index (χ2v) is 9.00. The predicted molar refractivity (Wildman–Crippen MR) is 124 cm³/mol. The molecule has 174 valence electrons. The Balaban J connectivity index is 1.17. The lowest BCUT2D eigenvalue weighted by Crippen LogP contribution is -2.40. The number of hydrogen-bond acceptors (Lipinski definition) is 4. The zero-order chi connectivity index (χ0) is 23.4. The van der Waals surface area contributed by atoms with Gasteiger partial charge in [0.2, 0.25) is 0 Å². The lowest BCUT2D eigenvalue weighted by atomic mass is 9.86. The van der Waals surface area contributed by atoms with E-state index < -0.39 is 5.82 Å². The van der Waals surface area contributed by atoms with Crippen LogP contribution >= 0.6 is 23.2 Å². The molecule has 0 aliphatic heterocycles. The fraction of sp³-hybridized carbons (Fsp3) is 0.333. The summed E-state index contributed by atoms with van der Waals surface area (Å²) in [5.41, 5.74) is 0.620. The molecular weight excluding hydrogens is 470 g/mol. The number of nitrogens with one attached hydrogen (secondary N) is 2. The summed E-state index contributed by atoms with van der Waals surface area (Å²) in [6.45, 7) is 0.331. The average Bonchev–Trinajstić information content (AvgIpc) is 3.23. The standard InChI is InChI=1S/C24H23Cl2FN2O4/c25-16-3-8-21-15(9-16)10-22(33-21)24(31)29-17-4-1-14(2-5-17)12-28-23(30)13-32-18-6-7-19(26)20(27)11-18/h3,6-11,14,17H,1-2,4-5,12-13H2,(H,28,30)(H,29,31)/t14-,17-. The maximum Gasteiger partial charge on any atom is 0.287 e. The predicted octanol–water partition coefficient (Wildman–Crippen LogP) is 5.36. The van der Waals surface area contributed by atoms with Gasteiger partial charge in [-0.15, -0.1) is 0 Å². The number of carbonyl (C=O) groups excluding carboxylic acids is 2. The molecule has 1 fully saturated rings. The number of ether oxygens (including phenoxy) is 1. The van der Waals surface area contributed by atoms with Crippen molar-refractivity contribution >= 4 is 46.0 Å². The third-order valence-corrected chi connectivity index (χ3v) is 6.27. The van der Waals surface area contributed by atoms with Crippen LogP contribution in [-0.4, -0.2) is 31.0 Å². The molecule has 2 amide bonds. The minimum atomic E-state index is -0.594. The van der Waals surface area contributed by atoms with Crippen LogP contribution in [0.25, 0.3) is 11.0 Å². The van der Waals surface area contributed by atoms with E-state index in [-0.39, 0.29) is 41.0 Å². The van der Waals surface area contributed by atoms with E-state index in [4.69, 9.17) is 32.4 Å². The molecule has 0 atom stereocenters. The van der Waals surface area contributed by atoms with Gasteiger partial charge in [0.15, 0.2) is 12.4 Å². The number of amides is 2. The number of fused-ring (bicyclic) bond motifs is 1. The zero-order valence-corrected chi connectivity index (χ0v) is 19.2. The Labute approximate surface area is 200 Å².